The maximum atomic E-state index is 11.1. The Morgan fingerprint density at radius 1 is 1.06 bits per heavy atom. The summed E-state index contributed by atoms with van der Waals surface area (Å²) in [6.45, 7) is 0. The van der Waals surface area contributed by atoms with Gasteiger partial charge in [0.05, 0.1) is 0 Å². The highest BCUT2D eigenvalue weighted by Crippen LogP contribution is 2.42. The van der Waals surface area contributed by atoms with E-state index in [0.29, 0.717) is 0 Å². The summed E-state index contributed by atoms with van der Waals surface area (Å²) >= 11 is 3.19. The molecule has 0 saturated carbocycles. The summed E-state index contributed by atoms with van der Waals surface area (Å²) in [6.07, 6.45) is 7.12. The lowest BCUT2D eigenvalue weighted by atomic mass is 9.91. The lowest BCUT2D eigenvalue weighted by molar-refractivity contribution is 0.133. The highest BCUT2D eigenvalue weighted by Gasteiger charge is 2.37. The molecule has 2 heterocycles. The van der Waals surface area contributed by atoms with Crippen LogP contribution in [0.25, 0.3) is 0 Å². The minimum atomic E-state index is -0.963. The van der Waals surface area contributed by atoms with E-state index >= 15 is 0 Å². The van der Waals surface area contributed by atoms with E-state index in [2.05, 4.69) is 12.2 Å². The van der Waals surface area contributed by atoms with Gasteiger partial charge in [-0.15, -0.1) is 22.7 Å². The molecular weight excluding hydrogens is 248 g/mol. The number of allylic oxidation sites excluding steroid dienone is 2. The van der Waals surface area contributed by atoms with E-state index in [1.165, 1.54) is 0 Å². The van der Waals surface area contributed by atoms with E-state index in [1.54, 1.807) is 22.7 Å². The Hall–Kier alpha value is -1.16. The van der Waals surface area contributed by atoms with E-state index in [-0.39, 0.29) is 0 Å². The van der Waals surface area contributed by atoms with Gasteiger partial charge in [0.15, 0.2) is 5.60 Å². The van der Waals surface area contributed by atoms with Crippen molar-refractivity contribution in [2.75, 3.05) is 0 Å². The molecule has 3 heteroatoms. The minimum Gasteiger partial charge on any atom is -0.374 e. The first kappa shape index (κ1) is 11.0. The van der Waals surface area contributed by atoms with E-state index < -0.39 is 5.60 Å². The second-order valence-electron chi connectivity index (χ2n) is 3.96. The third-order valence-corrected chi connectivity index (χ3v) is 4.90. The molecule has 0 radical (unpaired) electrons. The highest BCUT2D eigenvalue weighted by molar-refractivity contribution is 7.11. The zero-order valence-electron chi connectivity index (χ0n) is 9.17. The van der Waals surface area contributed by atoms with Gasteiger partial charge in [0.1, 0.15) is 0 Å². The number of thiophene rings is 2. The number of hydrogen-bond acceptors (Lipinski definition) is 3. The summed E-state index contributed by atoms with van der Waals surface area (Å²) in [5.74, 6) is 0. The van der Waals surface area contributed by atoms with Gasteiger partial charge >= 0.3 is 0 Å². The quantitative estimate of drug-likeness (QED) is 0.886. The van der Waals surface area contributed by atoms with Crippen LogP contribution in [0.1, 0.15) is 16.2 Å². The highest BCUT2D eigenvalue weighted by atomic mass is 32.1. The Balaban J connectivity index is 2.17. The van der Waals surface area contributed by atoms with Crippen LogP contribution in [0.4, 0.5) is 0 Å². The van der Waals surface area contributed by atoms with Crippen LogP contribution in [0.5, 0.6) is 0 Å². The maximum Gasteiger partial charge on any atom is 0.158 e. The van der Waals surface area contributed by atoms with Crippen LogP contribution in [-0.4, -0.2) is 5.11 Å². The number of rotatable bonds is 3. The van der Waals surface area contributed by atoms with Crippen LogP contribution in [0.3, 0.4) is 0 Å². The first-order valence-electron chi connectivity index (χ1n) is 5.49. The fourth-order valence-corrected chi connectivity index (χ4v) is 3.88. The van der Waals surface area contributed by atoms with E-state index in [1.807, 2.05) is 41.1 Å². The van der Waals surface area contributed by atoms with Gasteiger partial charge in [0, 0.05) is 9.75 Å². The van der Waals surface area contributed by atoms with Gasteiger partial charge in [0.2, 0.25) is 0 Å². The Bertz CT molecular complexity index is 513. The molecule has 0 bridgehead atoms. The molecular formula is C14H12OS2. The summed E-state index contributed by atoms with van der Waals surface area (Å²) in [4.78, 5) is 1.97. The Morgan fingerprint density at radius 2 is 1.71 bits per heavy atom. The molecule has 0 aromatic carbocycles. The van der Waals surface area contributed by atoms with Crippen molar-refractivity contribution in [1.29, 1.82) is 0 Å². The monoisotopic (exact) mass is 260 g/mol. The van der Waals surface area contributed by atoms with Gasteiger partial charge in [-0.3, -0.25) is 0 Å². The van der Waals surface area contributed by atoms with Crippen LogP contribution >= 0.6 is 22.7 Å². The number of aliphatic hydroxyl groups is 1. The van der Waals surface area contributed by atoms with Gasteiger partial charge < -0.3 is 5.11 Å². The molecule has 0 aliphatic heterocycles. The van der Waals surface area contributed by atoms with Crippen LogP contribution in [0.15, 0.2) is 58.8 Å². The average Bonchev–Trinajstić information content (AvgIpc) is 3.10. The van der Waals surface area contributed by atoms with Crippen LogP contribution in [-0.2, 0) is 5.60 Å². The van der Waals surface area contributed by atoms with Crippen molar-refractivity contribution in [2.45, 2.75) is 12.0 Å². The van der Waals surface area contributed by atoms with Crippen molar-refractivity contribution in [3.8, 4) is 0 Å². The average molecular weight is 260 g/mol. The maximum absolute atomic E-state index is 11.1. The molecule has 0 amide bonds. The van der Waals surface area contributed by atoms with Crippen molar-refractivity contribution in [3.63, 3.8) is 0 Å². The van der Waals surface area contributed by atoms with Gasteiger partial charge in [-0.05, 0) is 34.9 Å². The fraction of sp³-hybridized carbons (Fsp3) is 0.143. The molecule has 1 nitrogen and oxygen atoms in total. The van der Waals surface area contributed by atoms with E-state index in [0.717, 1.165) is 21.7 Å². The van der Waals surface area contributed by atoms with Crippen LogP contribution < -0.4 is 0 Å². The van der Waals surface area contributed by atoms with Gasteiger partial charge in [-0.25, -0.2) is 0 Å². The van der Waals surface area contributed by atoms with E-state index in [9.17, 15) is 5.11 Å². The zero-order valence-corrected chi connectivity index (χ0v) is 10.8. The SMILES string of the molecule is OC(C1=CCC=C1)(c1cccs1)c1cccs1. The summed E-state index contributed by atoms with van der Waals surface area (Å²) in [7, 11) is 0. The Kier molecular flexibility index (Phi) is 2.74. The Labute approximate surface area is 108 Å². The molecule has 2 aromatic rings. The molecule has 1 N–H and O–H groups in total. The number of hydrogen-bond donors (Lipinski definition) is 1. The summed E-state index contributed by atoms with van der Waals surface area (Å²) < 4.78 is 0. The summed E-state index contributed by atoms with van der Waals surface area (Å²) in [5, 5.41) is 15.1. The van der Waals surface area contributed by atoms with Crippen molar-refractivity contribution in [3.05, 3.63) is 68.6 Å². The molecule has 1 aliphatic rings. The second-order valence-corrected chi connectivity index (χ2v) is 5.86. The van der Waals surface area contributed by atoms with Crippen LogP contribution in [0.2, 0.25) is 0 Å². The predicted molar refractivity (Wildman–Crippen MR) is 73.5 cm³/mol. The second kappa shape index (κ2) is 4.26. The standard InChI is InChI=1S/C14H12OS2/c15-14(11-5-1-2-6-11,12-7-3-9-16-12)13-8-4-10-17-13/h1,3-10,15H,2H2. The smallest absolute Gasteiger partial charge is 0.158 e. The van der Waals surface area contributed by atoms with E-state index in [4.69, 9.17) is 0 Å². The van der Waals surface area contributed by atoms with Crippen LogP contribution in [0, 0.1) is 0 Å². The third kappa shape index (κ3) is 1.71. The van der Waals surface area contributed by atoms with Gasteiger partial charge in [-0.1, -0.05) is 30.4 Å². The lowest BCUT2D eigenvalue weighted by Gasteiger charge is -2.26. The molecule has 86 valence electrons. The van der Waals surface area contributed by atoms with Crippen molar-refractivity contribution >= 4 is 22.7 Å². The van der Waals surface area contributed by atoms with Gasteiger partial charge in [-0.2, -0.15) is 0 Å². The molecule has 0 fully saturated rings. The molecule has 3 rings (SSSR count). The molecule has 0 atom stereocenters. The third-order valence-electron chi connectivity index (χ3n) is 2.94. The Morgan fingerprint density at radius 3 is 2.12 bits per heavy atom. The van der Waals surface area contributed by atoms with Crippen molar-refractivity contribution in [2.24, 2.45) is 0 Å². The molecule has 1 aliphatic carbocycles. The van der Waals surface area contributed by atoms with Gasteiger partial charge in [0.25, 0.3) is 0 Å². The molecule has 0 unspecified atom stereocenters. The first-order valence-corrected chi connectivity index (χ1v) is 7.25. The zero-order chi connectivity index (χ0) is 11.7. The lowest BCUT2D eigenvalue weighted by Crippen LogP contribution is -2.26. The largest absolute Gasteiger partial charge is 0.374 e. The first-order chi connectivity index (χ1) is 8.32. The normalized spacial score (nSPS) is 15.2. The fourth-order valence-electron chi connectivity index (χ4n) is 2.10. The van der Waals surface area contributed by atoms with Crippen molar-refractivity contribution in [1.82, 2.24) is 0 Å². The summed E-state index contributed by atoms with van der Waals surface area (Å²) in [5.41, 5.74) is 0.0254. The molecule has 17 heavy (non-hydrogen) atoms. The minimum absolute atomic E-state index is 0.911. The summed E-state index contributed by atoms with van der Waals surface area (Å²) in [6, 6.07) is 7.96. The van der Waals surface area contributed by atoms with Crippen molar-refractivity contribution < 1.29 is 5.11 Å². The molecule has 0 saturated heterocycles. The predicted octanol–water partition coefficient (Wildman–Crippen LogP) is 3.93. The molecule has 2 aromatic heterocycles. The topological polar surface area (TPSA) is 20.2 Å². The molecule has 0 spiro atoms.